The minimum absolute atomic E-state index is 0.0148. The second-order valence-corrected chi connectivity index (χ2v) is 7.85. The number of benzene rings is 2. The van der Waals surface area contributed by atoms with Crippen molar-refractivity contribution >= 4 is 11.9 Å². The van der Waals surface area contributed by atoms with Crippen LogP contribution in [0.4, 0.5) is 26.3 Å². The molecular weight excluding hydrogens is 488 g/mol. The van der Waals surface area contributed by atoms with Crippen LogP contribution in [0.25, 0.3) is 0 Å². The van der Waals surface area contributed by atoms with E-state index in [1.165, 1.54) is 54.3 Å². The second-order valence-electron chi connectivity index (χ2n) is 7.85. The molecular formula is C25H23F6N3O2. The number of methoxy groups -OCH3 is 1. The fraction of sp³-hybridized carbons (Fsp3) is 0.280. The number of nitrogens with zero attached hydrogens (tertiary/aromatic N) is 2. The van der Waals surface area contributed by atoms with E-state index >= 15 is 0 Å². The molecule has 192 valence electrons. The van der Waals surface area contributed by atoms with E-state index in [-0.39, 0.29) is 41.4 Å². The van der Waals surface area contributed by atoms with Crippen LogP contribution in [0, 0.1) is 0 Å². The zero-order valence-electron chi connectivity index (χ0n) is 19.4. The Morgan fingerprint density at radius 1 is 1.06 bits per heavy atom. The number of aliphatic imine (C=N–C) groups is 1. The number of halogens is 6. The number of alkyl halides is 6. The first-order chi connectivity index (χ1) is 16.9. The number of rotatable bonds is 6. The molecule has 1 heterocycles. The van der Waals surface area contributed by atoms with Gasteiger partial charge in [0.15, 0.2) is 5.96 Å². The quantitative estimate of drug-likeness (QED) is 0.300. The summed E-state index contributed by atoms with van der Waals surface area (Å²) in [6, 6.07) is 8.28. The van der Waals surface area contributed by atoms with E-state index in [0.29, 0.717) is 0 Å². The lowest BCUT2D eigenvalue weighted by Gasteiger charge is -2.39. The molecule has 0 radical (unpaired) electrons. The first kappa shape index (κ1) is 26.8. The SMILES string of the molecule is C=CCN=C1NC(c2ccccc2C(F)(F)F)C(C(=O)OC)=C(C)N1Cc1ccccc1C(F)(F)F. The predicted octanol–water partition coefficient (Wildman–Crippen LogP) is 5.86. The lowest BCUT2D eigenvalue weighted by atomic mass is 9.91. The third-order valence-electron chi connectivity index (χ3n) is 5.62. The van der Waals surface area contributed by atoms with Gasteiger partial charge in [-0.25, -0.2) is 9.79 Å². The summed E-state index contributed by atoms with van der Waals surface area (Å²) in [5.41, 5.74) is -2.32. The Labute approximate surface area is 203 Å². The molecule has 11 heteroatoms. The predicted molar refractivity (Wildman–Crippen MR) is 122 cm³/mol. The Morgan fingerprint density at radius 3 is 2.22 bits per heavy atom. The molecule has 0 saturated heterocycles. The third-order valence-corrected chi connectivity index (χ3v) is 5.62. The number of carbonyl (C=O) groups is 1. The first-order valence-electron chi connectivity index (χ1n) is 10.7. The molecule has 1 N–H and O–H groups in total. The van der Waals surface area contributed by atoms with Crippen LogP contribution in [-0.2, 0) is 28.4 Å². The average Bonchev–Trinajstić information content (AvgIpc) is 2.82. The van der Waals surface area contributed by atoms with Crippen LogP contribution in [0.1, 0.15) is 35.2 Å². The van der Waals surface area contributed by atoms with E-state index in [4.69, 9.17) is 4.74 Å². The molecule has 0 bridgehead atoms. The lowest BCUT2D eigenvalue weighted by molar-refractivity contribution is -0.140. The maximum atomic E-state index is 13.8. The van der Waals surface area contributed by atoms with E-state index in [1.807, 2.05) is 0 Å². The topological polar surface area (TPSA) is 53.9 Å². The van der Waals surface area contributed by atoms with Gasteiger partial charge in [-0.05, 0) is 30.2 Å². The van der Waals surface area contributed by atoms with Crippen LogP contribution in [0.3, 0.4) is 0 Å². The highest BCUT2D eigenvalue weighted by Crippen LogP contribution is 2.40. The fourth-order valence-electron chi connectivity index (χ4n) is 3.99. The van der Waals surface area contributed by atoms with Crippen LogP contribution >= 0.6 is 0 Å². The Kier molecular flexibility index (Phi) is 7.80. The lowest BCUT2D eigenvalue weighted by Crippen LogP contribution is -2.49. The molecule has 1 unspecified atom stereocenters. The van der Waals surface area contributed by atoms with Crippen molar-refractivity contribution in [3.05, 3.63) is 94.7 Å². The molecule has 3 rings (SSSR count). The molecule has 0 fully saturated rings. The molecule has 0 spiro atoms. The summed E-state index contributed by atoms with van der Waals surface area (Å²) in [4.78, 5) is 18.4. The van der Waals surface area contributed by atoms with E-state index in [0.717, 1.165) is 19.2 Å². The number of hydrogen-bond acceptors (Lipinski definition) is 3. The van der Waals surface area contributed by atoms with E-state index in [9.17, 15) is 31.1 Å². The van der Waals surface area contributed by atoms with Crippen molar-refractivity contribution in [3.63, 3.8) is 0 Å². The Morgan fingerprint density at radius 2 is 1.64 bits per heavy atom. The molecule has 5 nitrogen and oxygen atoms in total. The van der Waals surface area contributed by atoms with Crippen LogP contribution in [0.5, 0.6) is 0 Å². The molecule has 0 aliphatic carbocycles. The molecule has 0 aromatic heterocycles. The summed E-state index contributed by atoms with van der Waals surface area (Å²) in [6.45, 7) is 4.65. The van der Waals surface area contributed by atoms with Gasteiger partial charge in [0.25, 0.3) is 0 Å². The Balaban J connectivity index is 2.23. The summed E-state index contributed by atoms with van der Waals surface area (Å²) < 4.78 is 87.2. The summed E-state index contributed by atoms with van der Waals surface area (Å²) in [6.07, 6.45) is -7.95. The minimum Gasteiger partial charge on any atom is -0.466 e. The van der Waals surface area contributed by atoms with Crippen molar-refractivity contribution < 1.29 is 35.9 Å². The molecule has 2 aromatic carbocycles. The van der Waals surface area contributed by atoms with Crippen molar-refractivity contribution in [3.8, 4) is 0 Å². The number of ether oxygens (including phenoxy) is 1. The van der Waals surface area contributed by atoms with Crippen LogP contribution in [-0.4, -0.2) is 30.5 Å². The van der Waals surface area contributed by atoms with Crippen LogP contribution in [0.2, 0.25) is 0 Å². The number of hydrogen-bond donors (Lipinski definition) is 1. The Bertz CT molecular complexity index is 1200. The van der Waals surface area contributed by atoms with Crippen molar-refractivity contribution in [1.82, 2.24) is 10.2 Å². The van der Waals surface area contributed by atoms with Gasteiger partial charge in [0.2, 0.25) is 0 Å². The maximum Gasteiger partial charge on any atom is 0.416 e. The Hall–Kier alpha value is -3.76. The first-order valence-corrected chi connectivity index (χ1v) is 10.7. The van der Waals surface area contributed by atoms with Crippen molar-refractivity contribution in [2.45, 2.75) is 31.9 Å². The zero-order chi connectivity index (χ0) is 26.7. The highest BCUT2D eigenvalue weighted by Gasteiger charge is 2.42. The maximum absolute atomic E-state index is 13.8. The minimum atomic E-state index is -4.73. The van der Waals surface area contributed by atoms with Crippen molar-refractivity contribution in [2.24, 2.45) is 4.99 Å². The number of nitrogens with one attached hydrogen (secondary N) is 1. The second kappa shape index (κ2) is 10.5. The number of guanidine groups is 1. The van der Waals surface area contributed by atoms with Crippen molar-refractivity contribution in [2.75, 3.05) is 13.7 Å². The molecule has 0 saturated carbocycles. The standard InChI is InChI=1S/C25H23F6N3O2/c1-4-13-32-23-33-21(17-10-6-8-12-19(17)25(29,30)31)20(22(35)36-3)15(2)34(23)14-16-9-5-7-11-18(16)24(26,27)28/h4-12,21H,1,13-14H2,2-3H3,(H,32,33). The molecule has 0 amide bonds. The van der Waals surface area contributed by atoms with Gasteiger partial charge >= 0.3 is 18.3 Å². The van der Waals surface area contributed by atoms with Gasteiger partial charge in [0, 0.05) is 5.70 Å². The van der Waals surface area contributed by atoms with Gasteiger partial charge < -0.3 is 15.0 Å². The van der Waals surface area contributed by atoms with Gasteiger partial charge in [-0.2, -0.15) is 26.3 Å². The summed E-state index contributed by atoms with van der Waals surface area (Å²) in [7, 11) is 1.07. The van der Waals surface area contributed by atoms with Gasteiger partial charge in [-0.15, -0.1) is 6.58 Å². The van der Waals surface area contributed by atoms with Crippen LogP contribution in [0.15, 0.2) is 77.4 Å². The summed E-state index contributed by atoms with van der Waals surface area (Å²) >= 11 is 0. The van der Waals surface area contributed by atoms with Crippen molar-refractivity contribution in [1.29, 1.82) is 0 Å². The zero-order valence-corrected chi connectivity index (χ0v) is 19.4. The normalized spacial score (nSPS) is 17.7. The van der Waals surface area contributed by atoms with E-state index in [2.05, 4.69) is 16.9 Å². The summed E-state index contributed by atoms with van der Waals surface area (Å²) in [5.74, 6) is -0.946. The number of esters is 1. The van der Waals surface area contributed by atoms with Gasteiger partial charge in [-0.1, -0.05) is 42.5 Å². The molecule has 1 aliphatic rings. The highest BCUT2D eigenvalue weighted by atomic mass is 19.4. The summed E-state index contributed by atoms with van der Waals surface area (Å²) in [5, 5.41) is 2.83. The van der Waals surface area contributed by atoms with E-state index < -0.39 is 35.5 Å². The van der Waals surface area contributed by atoms with Crippen LogP contribution < -0.4 is 5.32 Å². The molecule has 36 heavy (non-hydrogen) atoms. The fourth-order valence-corrected chi connectivity index (χ4v) is 3.99. The smallest absolute Gasteiger partial charge is 0.416 e. The number of allylic oxidation sites excluding steroid dienone is 1. The van der Waals surface area contributed by atoms with Gasteiger partial charge in [-0.3, -0.25) is 0 Å². The molecule has 2 aromatic rings. The monoisotopic (exact) mass is 511 g/mol. The van der Waals surface area contributed by atoms with E-state index in [1.54, 1.807) is 0 Å². The van der Waals surface area contributed by atoms with Gasteiger partial charge in [0.1, 0.15) is 0 Å². The molecule has 1 aliphatic heterocycles. The largest absolute Gasteiger partial charge is 0.466 e. The molecule has 1 atom stereocenters. The van der Waals surface area contributed by atoms with Gasteiger partial charge in [0.05, 0.1) is 42.9 Å². The average molecular weight is 511 g/mol. The third kappa shape index (κ3) is 5.55. The highest BCUT2D eigenvalue weighted by molar-refractivity contribution is 5.96. The number of carbonyl (C=O) groups excluding carboxylic acids is 1.